The molecule has 0 aliphatic heterocycles. The van der Waals surface area contributed by atoms with E-state index in [0.29, 0.717) is 28.0 Å². The van der Waals surface area contributed by atoms with Crippen molar-refractivity contribution in [3.05, 3.63) is 57.8 Å². The summed E-state index contributed by atoms with van der Waals surface area (Å²) in [5.74, 6) is -0.0420. The molecule has 2 aromatic rings. The number of hydrogen-bond acceptors (Lipinski definition) is 4. The molecule has 0 unspecified atom stereocenters. The van der Waals surface area contributed by atoms with E-state index in [-0.39, 0.29) is 5.84 Å². The van der Waals surface area contributed by atoms with Crippen LogP contribution in [0.2, 0.25) is 10.0 Å². The van der Waals surface area contributed by atoms with E-state index in [2.05, 4.69) is 15.5 Å². The average molecular weight is 311 g/mol. The summed E-state index contributed by atoms with van der Waals surface area (Å²) in [6, 6.07) is 8.74. The molecule has 7 heteroatoms. The molecule has 4 N–H and O–H groups in total. The molecule has 2 rings (SSSR count). The molecule has 5 nitrogen and oxygen atoms in total. The van der Waals surface area contributed by atoms with Gasteiger partial charge in [0, 0.05) is 23.3 Å². The van der Waals surface area contributed by atoms with Crippen molar-refractivity contribution >= 4 is 34.7 Å². The lowest BCUT2D eigenvalue weighted by Crippen LogP contribution is -2.18. The summed E-state index contributed by atoms with van der Waals surface area (Å²) >= 11 is 12.0. The number of halogens is 2. The molecule has 0 atom stereocenters. The number of hydrogen-bond donors (Lipinski definition) is 3. The Kier molecular flexibility index (Phi) is 4.65. The molecular formula is C13H12Cl2N4O. The van der Waals surface area contributed by atoms with Gasteiger partial charge < -0.3 is 16.3 Å². The van der Waals surface area contributed by atoms with Crippen LogP contribution in [0.1, 0.15) is 11.3 Å². The minimum absolute atomic E-state index is 0.0420. The lowest BCUT2D eigenvalue weighted by atomic mass is 10.1. The quantitative estimate of drug-likeness (QED) is 0.351. The van der Waals surface area contributed by atoms with Crippen molar-refractivity contribution in [1.82, 2.24) is 4.98 Å². The number of rotatable bonds is 4. The summed E-state index contributed by atoms with van der Waals surface area (Å²) < 4.78 is 0. The van der Waals surface area contributed by atoms with E-state index in [9.17, 15) is 0 Å². The second kappa shape index (κ2) is 6.45. The van der Waals surface area contributed by atoms with Gasteiger partial charge in [0.15, 0.2) is 5.84 Å². The maximum Gasteiger partial charge on any atom is 0.189 e. The highest BCUT2D eigenvalue weighted by Crippen LogP contribution is 2.26. The molecule has 0 spiro atoms. The molecule has 0 fully saturated rings. The SMILES string of the molecule is NC(=NO)c1ncccc1CNc1cc(Cl)ccc1Cl. The van der Waals surface area contributed by atoms with Crippen LogP contribution in [0.25, 0.3) is 0 Å². The number of amidine groups is 1. The van der Waals surface area contributed by atoms with E-state index < -0.39 is 0 Å². The third-order valence-corrected chi connectivity index (χ3v) is 3.20. The molecule has 0 saturated carbocycles. The molecule has 0 aliphatic rings. The summed E-state index contributed by atoms with van der Waals surface area (Å²) in [6.07, 6.45) is 1.57. The van der Waals surface area contributed by atoms with Crippen LogP contribution < -0.4 is 11.1 Å². The van der Waals surface area contributed by atoms with E-state index in [1.165, 1.54) is 0 Å². The van der Waals surface area contributed by atoms with Gasteiger partial charge in [0.1, 0.15) is 5.69 Å². The number of pyridine rings is 1. The number of anilines is 1. The van der Waals surface area contributed by atoms with Crippen LogP contribution >= 0.6 is 23.2 Å². The molecule has 0 aliphatic carbocycles. The Morgan fingerprint density at radius 3 is 2.90 bits per heavy atom. The second-order valence-corrected chi connectivity index (χ2v) is 4.82. The highest BCUT2D eigenvalue weighted by atomic mass is 35.5. The average Bonchev–Trinajstić information content (AvgIpc) is 2.47. The summed E-state index contributed by atoms with van der Waals surface area (Å²) in [4.78, 5) is 4.09. The fraction of sp³-hybridized carbons (Fsp3) is 0.0769. The van der Waals surface area contributed by atoms with Gasteiger partial charge in [-0.2, -0.15) is 0 Å². The maximum absolute atomic E-state index is 8.74. The summed E-state index contributed by atoms with van der Waals surface area (Å²) in [5.41, 5.74) is 7.48. The first kappa shape index (κ1) is 14.4. The fourth-order valence-corrected chi connectivity index (χ4v) is 2.04. The maximum atomic E-state index is 8.74. The van der Waals surface area contributed by atoms with Crippen molar-refractivity contribution in [3.63, 3.8) is 0 Å². The minimum atomic E-state index is -0.0420. The highest BCUT2D eigenvalue weighted by molar-refractivity contribution is 6.35. The Balaban J connectivity index is 2.21. The number of oxime groups is 1. The molecule has 104 valence electrons. The van der Waals surface area contributed by atoms with Crippen LogP contribution in [-0.4, -0.2) is 16.0 Å². The zero-order valence-corrected chi connectivity index (χ0v) is 11.9. The smallest absolute Gasteiger partial charge is 0.189 e. The van der Waals surface area contributed by atoms with E-state index in [4.69, 9.17) is 34.1 Å². The van der Waals surface area contributed by atoms with Gasteiger partial charge in [-0.25, -0.2) is 0 Å². The topological polar surface area (TPSA) is 83.5 Å². The molecule has 1 aromatic heterocycles. The number of nitrogens with one attached hydrogen (secondary N) is 1. The third kappa shape index (κ3) is 3.31. The number of aromatic nitrogens is 1. The lowest BCUT2D eigenvalue weighted by molar-refractivity contribution is 0.318. The van der Waals surface area contributed by atoms with Gasteiger partial charge in [0.2, 0.25) is 0 Å². The first-order chi connectivity index (χ1) is 9.61. The van der Waals surface area contributed by atoms with Gasteiger partial charge >= 0.3 is 0 Å². The van der Waals surface area contributed by atoms with Crippen molar-refractivity contribution < 1.29 is 5.21 Å². The summed E-state index contributed by atoms with van der Waals surface area (Å²) in [6.45, 7) is 0.416. The Morgan fingerprint density at radius 2 is 2.15 bits per heavy atom. The normalized spacial score (nSPS) is 11.4. The highest BCUT2D eigenvalue weighted by Gasteiger charge is 2.09. The molecule has 0 bridgehead atoms. The van der Waals surface area contributed by atoms with Gasteiger partial charge in [-0.15, -0.1) is 0 Å². The van der Waals surface area contributed by atoms with Gasteiger partial charge in [-0.3, -0.25) is 4.98 Å². The Morgan fingerprint density at radius 1 is 1.35 bits per heavy atom. The van der Waals surface area contributed by atoms with Crippen LogP contribution in [0.5, 0.6) is 0 Å². The van der Waals surface area contributed by atoms with Crippen molar-refractivity contribution in [3.8, 4) is 0 Å². The monoisotopic (exact) mass is 310 g/mol. The van der Waals surface area contributed by atoms with Crippen LogP contribution in [0.4, 0.5) is 5.69 Å². The van der Waals surface area contributed by atoms with Crippen LogP contribution in [0, 0.1) is 0 Å². The lowest BCUT2D eigenvalue weighted by Gasteiger charge is -2.11. The van der Waals surface area contributed by atoms with Gasteiger partial charge in [0.05, 0.1) is 10.7 Å². The Labute approximate surface area is 126 Å². The van der Waals surface area contributed by atoms with Gasteiger partial charge in [0.25, 0.3) is 0 Å². The number of nitrogens with zero attached hydrogens (tertiary/aromatic N) is 2. The molecule has 1 heterocycles. The van der Waals surface area contributed by atoms with E-state index in [0.717, 1.165) is 5.56 Å². The predicted molar refractivity (Wildman–Crippen MR) is 80.5 cm³/mol. The molecule has 1 aromatic carbocycles. The zero-order chi connectivity index (χ0) is 14.5. The first-order valence-electron chi connectivity index (χ1n) is 5.72. The standard InChI is InChI=1S/C13H12Cl2N4O/c14-9-3-4-10(15)11(6-9)18-7-8-2-1-5-17-12(8)13(16)19-20/h1-6,18,20H,7H2,(H2,16,19). The molecule has 0 radical (unpaired) electrons. The van der Waals surface area contributed by atoms with E-state index >= 15 is 0 Å². The number of benzene rings is 1. The molecule has 0 amide bonds. The van der Waals surface area contributed by atoms with Crippen LogP contribution in [-0.2, 0) is 6.54 Å². The van der Waals surface area contributed by atoms with Crippen molar-refractivity contribution in [2.45, 2.75) is 6.54 Å². The fourth-order valence-electron chi connectivity index (χ4n) is 1.68. The largest absolute Gasteiger partial charge is 0.409 e. The summed E-state index contributed by atoms with van der Waals surface area (Å²) in [5, 5.41) is 16.0. The van der Waals surface area contributed by atoms with Crippen LogP contribution in [0.15, 0.2) is 41.7 Å². The van der Waals surface area contributed by atoms with Crippen LogP contribution in [0.3, 0.4) is 0 Å². The second-order valence-electron chi connectivity index (χ2n) is 3.97. The molecule has 20 heavy (non-hydrogen) atoms. The summed E-state index contributed by atoms with van der Waals surface area (Å²) in [7, 11) is 0. The third-order valence-electron chi connectivity index (χ3n) is 2.64. The predicted octanol–water partition coefficient (Wildman–Crippen LogP) is 3.10. The molecular weight excluding hydrogens is 299 g/mol. The van der Waals surface area contributed by atoms with Gasteiger partial charge in [-0.05, 0) is 24.3 Å². The Hall–Kier alpha value is -1.98. The van der Waals surface area contributed by atoms with Crippen molar-refractivity contribution in [2.24, 2.45) is 10.9 Å². The van der Waals surface area contributed by atoms with E-state index in [1.54, 1.807) is 30.5 Å². The van der Waals surface area contributed by atoms with Crippen molar-refractivity contribution in [1.29, 1.82) is 0 Å². The van der Waals surface area contributed by atoms with Crippen molar-refractivity contribution in [2.75, 3.05) is 5.32 Å². The number of nitrogens with two attached hydrogens (primary N) is 1. The minimum Gasteiger partial charge on any atom is -0.409 e. The zero-order valence-electron chi connectivity index (χ0n) is 10.3. The molecule has 0 saturated heterocycles. The van der Waals surface area contributed by atoms with E-state index in [1.807, 2.05) is 6.07 Å². The Bertz CT molecular complexity index is 646. The first-order valence-corrected chi connectivity index (χ1v) is 6.48. The van der Waals surface area contributed by atoms with Gasteiger partial charge in [-0.1, -0.05) is 34.4 Å².